The lowest BCUT2D eigenvalue weighted by molar-refractivity contribution is -0.128. The highest BCUT2D eigenvalue weighted by Crippen LogP contribution is 2.52. The maximum Gasteiger partial charge on any atom is 0.241 e. The number of hydrogen-bond donors (Lipinski definition) is 1. The number of methoxy groups -OCH3 is 1. The lowest BCUT2D eigenvalue weighted by Crippen LogP contribution is -2.43. The lowest BCUT2D eigenvalue weighted by Gasteiger charge is -2.26. The number of hydrogen-bond acceptors (Lipinski definition) is 5. The van der Waals surface area contributed by atoms with Crippen LogP contribution >= 0.6 is 0 Å². The average Bonchev–Trinajstić information content (AvgIpc) is 3.19. The molecule has 0 saturated carbocycles. The molecule has 0 unspecified atom stereocenters. The van der Waals surface area contributed by atoms with E-state index in [1.807, 2.05) is 0 Å². The molecule has 1 aromatic rings. The van der Waals surface area contributed by atoms with Crippen LogP contribution in [-0.4, -0.2) is 42.3 Å². The average molecular weight is 301 g/mol. The van der Waals surface area contributed by atoms with Gasteiger partial charge < -0.3 is 14.6 Å². The zero-order valence-electron chi connectivity index (χ0n) is 11.9. The summed E-state index contributed by atoms with van der Waals surface area (Å²) in [5, 5.41) is 9.64. The SMILES string of the molecule is COc1ccc(N2C(=O)[C@H]3[C@@H]4C=C[C@](CO)(O4)[C@@H]3C2=O)cc1. The number of nitrogens with zero attached hydrogens (tertiary/aromatic N) is 1. The third kappa shape index (κ3) is 1.51. The second-order valence-electron chi connectivity index (χ2n) is 5.77. The van der Waals surface area contributed by atoms with Crippen LogP contribution in [0.3, 0.4) is 0 Å². The van der Waals surface area contributed by atoms with E-state index in [-0.39, 0.29) is 18.4 Å². The van der Waals surface area contributed by atoms with Crippen LogP contribution in [-0.2, 0) is 14.3 Å². The third-order valence-electron chi connectivity index (χ3n) is 4.73. The summed E-state index contributed by atoms with van der Waals surface area (Å²) in [5.41, 5.74) is -0.541. The molecule has 0 aliphatic carbocycles. The van der Waals surface area contributed by atoms with Gasteiger partial charge in [0.15, 0.2) is 0 Å². The highest BCUT2D eigenvalue weighted by atomic mass is 16.5. The number of amides is 2. The van der Waals surface area contributed by atoms with Crippen molar-refractivity contribution in [1.29, 1.82) is 0 Å². The molecule has 6 heteroatoms. The molecule has 3 aliphatic heterocycles. The third-order valence-corrected chi connectivity index (χ3v) is 4.73. The van der Waals surface area contributed by atoms with E-state index in [9.17, 15) is 14.7 Å². The molecule has 1 aromatic carbocycles. The van der Waals surface area contributed by atoms with Gasteiger partial charge in [-0.15, -0.1) is 0 Å². The van der Waals surface area contributed by atoms with Gasteiger partial charge in [0.25, 0.3) is 0 Å². The molecule has 0 aromatic heterocycles. The minimum absolute atomic E-state index is 0.273. The number of carbonyl (C=O) groups excluding carboxylic acids is 2. The molecule has 2 amide bonds. The van der Waals surface area contributed by atoms with Gasteiger partial charge in [0.2, 0.25) is 11.8 Å². The van der Waals surface area contributed by atoms with Crippen LogP contribution in [0.15, 0.2) is 36.4 Å². The smallest absolute Gasteiger partial charge is 0.241 e. The first-order valence-corrected chi connectivity index (χ1v) is 7.11. The molecule has 3 heterocycles. The van der Waals surface area contributed by atoms with Crippen LogP contribution in [0.2, 0.25) is 0 Å². The Morgan fingerprint density at radius 1 is 1.27 bits per heavy atom. The fourth-order valence-corrected chi connectivity index (χ4v) is 3.67. The van der Waals surface area contributed by atoms with Crippen molar-refractivity contribution in [1.82, 2.24) is 0 Å². The molecule has 1 N–H and O–H groups in total. The molecule has 22 heavy (non-hydrogen) atoms. The molecule has 2 fully saturated rings. The van der Waals surface area contributed by atoms with Crippen LogP contribution in [0.5, 0.6) is 5.75 Å². The van der Waals surface area contributed by atoms with E-state index in [1.165, 1.54) is 4.90 Å². The summed E-state index contributed by atoms with van der Waals surface area (Å²) >= 11 is 0. The normalized spacial score (nSPS) is 35.4. The van der Waals surface area contributed by atoms with Crippen LogP contribution in [0.25, 0.3) is 0 Å². The molecule has 2 bridgehead atoms. The van der Waals surface area contributed by atoms with Gasteiger partial charge in [-0.3, -0.25) is 9.59 Å². The number of aliphatic hydroxyl groups excluding tert-OH is 1. The van der Waals surface area contributed by atoms with Gasteiger partial charge in [0.05, 0.1) is 37.3 Å². The molecular weight excluding hydrogens is 286 g/mol. The summed E-state index contributed by atoms with van der Waals surface area (Å²) in [6.45, 7) is -0.309. The topological polar surface area (TPSA) is 76.1 Å². The summed E-state index contributed by atoms with van der Waals surface area (Å²) in [6.07, 6.45) is 3.04. The van der Waals surface area contributed by atoms with E-state index < -0.39 is 23.5 Å². The minimum atomic E-state index is -1.05. The van der Waals surface area contributed by atoms with Crippen molar-refractivity contribution in [2.45, 2.75) is 11.7 Å². The Bertz CT molecular complexity index is 682. The van der Waals surface area contributed by atoms with E-state index in [2.05, 4.69) is 0 Å². The van der Waals surface area contributed by atoms with Gasteiger partial charge in [-0.2, -0.15) is 0 Å². The highest BCUT2D eigenvalue weighted by Gasteiger charge is 2.67. The summed E-state index contributed by atoms with van der Waals surface area (Å²) in [4.78, 5) is 26.6. The number of carbonyl (C=O) groups is 2. The number of fused-ring (bicyclic) bond motifs is 5. The predicted octanol–water partition coefficient (Wildman–Crippen LogP) is 0.500. The van der Waals surface area contributed by atoms with Gasteiger partial charge in [-0.25, -0.2) is 4.90 Å². The first-order chi connectivity index (χ1) is 10.6. The van der Waals surface area contributed by atoms with Crippen molar-refractivity contribution >= 4 is 17.5 Å². The Kier molecular flexibility index (Phi) is 2.70. The number of anilines is 1. The molecule has 2 saturated heterocycles. The Morgan fingerprint density at radius 3 is 2.64 bits per heavy atom. The summed E-state index contributed by atoms with van der Waals surface area (Å²) in [6, 6.07) is 6.76. The van der Waals surface area contributed by atoms with E-state index in [0.717, 1.165) is 0 Å². The Balaban J connectivity index is 1.72. The van der Waals surface area contributed by atoms with E-state index in [0.29, 0.717) is 11.4 Å². The first-order valence-electron chi connectivity index (χ1n) is 7.11. The Hall–Kier alpha value is -2.18. The van der Waals surface area contributed by atoms with E-state index >= 15 is 0 Å². The van der Waals surface area contributed by atoms with Crippen LogP contribution in [0, 0.1) is 11.8 Å². The molecule has 0 spiro atoms. The van der Waals surface area contributed by atoms with Crippen molar-refractivity contribution in [2.75, 3.05) is 18.6 Å². The first kappa shape index (κ1) is 13.5. The minimum Gasteiger partial charge on any atom is -0.497 e. The quantitative estimate of drug-likeness (QED) is 0.650. The van der Waals surface area contributed by atoms with Gasteiger partial charge in [-0.1, -0.05) is 12.2 Å². The number of rotatable bonds is 3. The Labute approximate surface area is 126 Å². The zero-order chi connectivity index (χ0) is 15.5. The summed E-state index contributed by atoms with van der Waals surface area (Å²) in [5.74, 6) is -1.14. The number of ether oxygens (including phenoxy) is 2. The van der Waals surface area contributed by atoms with Crippen LogP contribution < -0.4 is 9.64 Å². The Morgan fingerprint density at radius 2 is 2.00 bits per heavy atom. The fourth-order valence-electron chi connectivity index (χ4n) is 3.67. The molecule has 4 atom stereocenters. The summed E-state index contributed by atoms with van der Waals surface area (Å²) in [7, 11) is 1.55. The van der Waals surface area contributed by atoms with E-state index in [4.69, 9.17) is 9.47 Å². The fraction of sp³-hybridized carbons (Fsp3) is 0.375. The summed E-state index contributed by atoms with van der Waals surface area (Å²) < 4.78 is 10.8. The van der Waals surface area contributed by atoms with Crippen LogP contribution in [0.4, 0.5) is 5.69 Å². The van der Waals surface area contributed by atoms with Crippen molar-refractivity contribution < 1.29 is 24.2 Å². The molecule has 6 nitrogen and oxygen atoms in total. The second-order valence-corrected chi connectivity index (χ2v) is 5.77. The van der Waals surface area contributed by atoms with Crippen molar-refractivity contribution in [3.63, 3.8) is 0 Å². The highest BCUT2D eigenvalue weighted by molar-refractivity contribution is 6.23. The monoisotopic (exact) mass is 301 g/mol. The lowest BCUT2D eigenvalue weighted by atomic mass is 9.77. The largest absolute Gasteiger partial charge is 0.497 e. The van der Waals surface area contributed by atoms with Gasteiger partial charge in [0, 0.05) is 0 Å². The maximum atomic E-state index is 12.8. The van der Waals surface area contributed by atoms with Gasteiger partial charge in [0.1, 0.15) is 11.4 Å². The van der Waals surface area contributed by atoms with Crippen molar-refractivity contribution in [3.8, 4) is 5.75 Å². The molecule has 4 rings (SSSR count). The zero-order valence-corrected chi connectivity index (χ0v) is 11.9. The van der Waals surface area contributed by atoms with Crippen molar-refractivity contribution in [2.24, 2.45) is 11.8 Å². The number of benzene rings is 1. The van der Waals surface area contributed by atoms with Gasteiger partial charge in [-0.05, 0) is 24.3 Å². The number of aliphatic hydroxyl groups is 1. The van der Waals surface area contributed by atoms with Crippen LogP contribution in [0.1, 0.15) is 0 Å². The van der Waals surface area contributed by atoms with E-state index in [1.54, 1.807) is 43.5 Å². The molecule has 0 radical (unpaired) electrons. The van der Waals surface area contributed by atoms with Gasteiger partial charge >= 0.3 is 0 Å². The molecule has 3 aliphatic rings. The maximum absolute atomic E-state index is 12.8. The molecular formula is C16H15NO5. The molecule has 114 valence electrons. The second kappa shape index (κ2) is 4.41. The number of imide groups is 1. The van der Waals surface area contributed by atoms with Crippen molar-refractivity contribution in [3.05, 3.63) is 36.4 Å². The standard InChI is InChI=1S/C16H15NO5/c1-21-10-4-2-9(3-5-10)17-14(19)12-11-6-7-16(8-18,22-11)13(12)15(17)20/h2-7,11-13,18H,8H2,1H3/t11-,12-,13-,16+/m0/s1. The predicted molar refractivity (Wildman–Crippen MR) is 76.3 cm³/mol.